The molecule has 2 aromatic rings. The van der Waals surface area contributed by atoms with Crippen molar-refractivity contribution in [3.63, 3.8) is 0 Å². The zero-order valence-corrected chi connectivity index (χ0v) is 13.6. The number of hydrogen-bond acceptors (Lipinski definition) is 5. The van der Waals surface area contributed by atoms with Gasteiger partial charge < -0.3 is 14.2 Å². The zero-order valence-electron chi connectivity index (χ0n) is 12.8. The molecule has 1 fully saturated rings. The number of rotatable bonds is 4. The minimum Gasteiger partial charge on any atom is -0.366 e. The minimum absolute atomic E-state index is 0.109. The number of thiophene rings is 1. The zero-order chi connectivity index (χ0) is 15.5. The standard InChI is InChI=1S/C15H20N4O2S/c1-3-18-10-16-17-14(18)12-9-19(6-7-21-12)15(20)11(2)13-5-4-8-22-13/h4-5,8,10-12H,3,6-7,9H2,1-2H3/t11-,12-/m0/s1. The summed E-state index contributed by atoms with van der Waals surface area (Å²) >= 11 is 1.62. The van der Waals surface area contributed by atoms with Crippen LogP contribution in [0, 0.1) is 0 Å². The Morgan fingerprint density at radius 1 is 1.59 bits per heavy atom. The first-order chi connectivity index (χ1) is 10.7. The predicted molar refractivity (Wildman–Crippen MR) is 83.7 cm³/mol. The van der Waals surface area contributed by atoms with Crippen LogP contribution < -0.4 is 0 Å². The van der Waals surface area contributed by atoms with Gasteiger partial charge in [0.25, 0.3) is 0 Å². The van der Waals surface area contributed by atoms with Gasteiger partial charge in [0.2, 0.25) is 5.91 Å². The van der Waals surface area contributed by atoms with E-state index in [0.717, 1.165) is 17.2 Å². The van der Waals surface area contributed by atoms with Gasteiger partial charge in [-0.05, 0) is 25.3 Å². The molecule has 0 aliphatic carbocycles. The van der Waals surface area contributed by atoms with E-state index in [9.17, 15) is 4.79 Å². The summed E-state index contributed by atoms with van der Waals surface area (Å²) in [5.41, 5.74) is 0. The summed E-state index contributed by atoms with van der Waals surface area (Å²) in [7, 11) is 0. The molecule has 0 spiro atoms. The van der Waals surface area contributed by atoms with Gasteiger partial charge in [0.15, 0.2) is 5.82 Å². The Balaban J connectivity index is 1.71. The van der Waals surface area contributed by atoms with Gasteiger partial charge in [-0.3, -0.25) is 4.79 Å². The van der Waals surface area contributed by atoms with Gasteiger partial charge in [-0.25, -0.2) is 0 Å². The molecule has 2 aromatic heterocycles. The smallest absolute Gasteiger partial charge is 0.230 e. The number of ether oxygens (including phenoxy) is 1. The second kappa shape index (κ2) is 6.58. The van der Waals surface area contributed by atoms with Crippen molar-refractivity contribution in [1.82, 2.24) is 19.7 Å². The molecule has 1 aliphatic rings. The molecule has 3 rings (SSSR count). The highest BCUT2D eigenvalue weighted by molar-refractivity contribution is 7.10. The van der Waals surface area contributed by atoms with Crippen LogP contribution in [0.5, 0.6) is 0 Å². The Labute approximate surface area is 133 Å². The average Bonchev–Trinajstić information content (AvgIpc) is 3.24. The minimum atomic E-state index is -0.198. The quantitative estimate of drug-likeness (QED) is 0.865. The number of nitrogens with zero attached hydrogens (tertiary/aromatic N) is 4. The number of morpholine rings is 1. The summed E-state index contributed by atoms with van der Waals surface area (Å²) in [4.78, 5) is 15.7. The van der Waals surface area contributed by atoms with Crippen LogP contribution in [0.4, 0.5) is 0 Å². The van der Waals surface area contributed by atoms with Crippen molar-refractivity contribution in [3.8, 4) is 0 Å². The van der Waals surface area contributed by atoms with Gasteiger partial charge in [-0.15, -0.1) is 21.5 Å². The molecule has 2 atom stereocenters. The highest BCUT2D eigenvalue weighted by Crippen LogP contribution is 2.26. The van der Waals surface area contributed by atoms with Gasteiger partial charge in [0.05, 0.1) is 19.1 Å². The van der Waals surface area contributed by atoms with Crippen molar-refractivity contribution >= 4 is 17.2 Å². The largest absolute Gasteiger partial charge is 0.366 e. The maximum absolute atomic E-state index is 12.7. The Morgan fingerprint density at radius 3 is 3.18 bits per heavy atom. The highest BCUT2D eigenvalue weighted by Gasteiger charge is 2.31. The van der Waals surface area contributed by atoms with Crippen molar-refractivity contribution < 1.29 is 9.53 Å². The van der Waals surface area contributed by atoms with Crippen molar-refractivity contribution in [2.45, 2.75) is 32.4 Å². The number of carbonyl (C=O) groups is 1. The summed E-state index contributed by atoms with van der Waals surface area (Å²) in [6.45, 7) is 6.50. The van der Waals surface area contributed by atoms with E-state index >= 15 is 0 Å². The lowest BCUT2D eigenvalue weighted by Crippen LogP contribution is -2.44. The Hall–Kier alpha value is -1.73. The van der Waals surface area contributed by atoms with E-state index in [-0.39, 0.29) is 17.9 Å². The molecule has 6 nitrogen and oxygen atoms in total. The molecule has 22 heavy (non-hydrogen) atoms. The van der Waals surface area contributed by atoms with E-state index in [1.165, 1.54) is 0 Å². The maximum Gasteiger partial charge on any atom is 0.230 e. The fourth-order valence-corrected chi connectivity index (χ4v) is 3.47. The maximum atomic E-state index is 12.7. The van der Waals surface area contributed by atoms with E-state index in [1.54, 1.807) is 17.7 Å². The summed E-state index contributed by atoms with van der Waals surface area (Å²) in [6, 6.07) is 3.99. The first-order valence-electron chi connectivity index (χ1n) is 7.52. The second-order valence-corrected chi connectivity index (χ2v) is 6.34. The molecule has 1 aliphatic heterocycles. The molecule has 0 saturated carbocycles. The molecular formula is C15H20N4O2S. The van der Waals surface area contributed by atoms with Gasteiger partial charge in [-0.1, -0.05) is 6.07 Å². The molecule has 0 bridgehead atoms. The van der Waals surface area contributed by atoms with E-state index in [4.69, 9.17) is 4.74 Å². The van der Waals surface area contributed by atoms with Crippen LogP contribution in [0.1, 0.15) is 36.6 Å². The number of hydrogen-bond donors (Lipinski definition) is 0. The number of aryl methyl sites for hydroxylation is 1. The third-order valence-corrected chi connectivity index (χ3v) is 5.05. The summed E-state index contributed by atoms with van der Waals surface area (Å²) < 4.78 is 7.76. The van der Waals surface area contributed by atoms with E-state index in [2.05, 4.69) is 10.2 Å². The van der Waals surface area contributed by atoms with Crippen molar-refractivity contribution in [3.05, 3.63) is 34.5 Å². The first kappa shape index (κ1) is 15.2. The van der Waals surface area contributed by atoms with E-state index in [0.29, 0.717) is 19.7 Å². The van der Waals surface area contributed by atoms with Gasteiger partial charge in [-0.2, -0.15) is 0 Å². The average molecular weight is 320 g/mol. The molecule has 1 saturated heterocycles. The first-order valence-corrected chi connectivity index (χ1v) is 8.40. The fraction of sp³-hybridized carbons (Fsp3) is 0.533. The predicted octanol–water partition coefficient (Wildman–Crippen LogP) is 2.06. The van der Waals surface area contributed by atoms with Crippen LogP contribution in [0.15, 0.2) is 23.8 Å². The molecular weight excluding hydrogens is 300 g/mol. The Kier molecular flexibility index (Phi) is 4.54. The normalized spacial score (nSPS) is 20.1. The van der Waals surface area contributed by atoms with Crippen LogP contribution >= 0.6 is 11.3 Å². The molecule has 0 N–H and O–H groups in total. The Morgan fingerprint density at radius 2 is 2.45 bits per heavy atom. The lowest BCUT2D eigenvalue weighted by Gasteiger charge is -2.33. The molecule has 0 radical (unpaired) electrons. The molecule has 118 valence electrons. The number of amides is 1. The van der Waals surface area contributed by atoms with Crippen LogP contribution in [0.2, 0.25) is 0 Å². The van der Waals surface area contributed by atoms with Crippen LogP contribution in [-0.4, -0.2) is 45.3 Å². The van der Waals surface area contributed by atoms with Gasteiger partial charge >= 0.3 is 0 Å². The molecule has 0 aromatic carbocycles. The van der Waals surface area contributed by atoms with Gasteiger partial charge in [0.1, 0.15) is 12.4 Å². The second-order valence-electron chi connectivity index (χ2n) is 5.36. The van der Waals surface area contributed by atoms with Gasteiger partial charge in [0, 0.05) is 18.0 Å². The molecule has 3 heterocycles. The SMILES string of the molecule is CCn1cnnc1[C@@H]1CN(C(=O)[C@@H](C)c2cccs2)CCO1. The number of carbonyl (C=O) groups excluding carboxylic acids is 1. The van der Waals surface area contributed by atoms with Crippen molar-refractivity contribution in [2.24, 2.45) is 0 Å². The van der Waals surface area contributed by atoms with E-state index in [1.807, 2.05) is 40.8 Å². The third kappa shape index (κ3) is 2.91. The van der Waals surface area contributed by atoms with Crippen molar-refractivity contribution in [1.29, 1.82) is 0 Å². The number of aromatic nitrogens is 3. The molecule has 7 heteroatoms. The van der Waals surface area contributed by atoms with Crippen LogP contribution in [0.3, 0.4) is 0 Å². The monoisotopic (exact) mass is 320 g/mol. The topological polar surface area (TPSA) is 60.2 Å². The fourth-order valence-electron chi connectivity index (χ4n) is 2.70. The summed E-state index contributed by atoms with van der Waals surface area (Å²) in [5, 5.41) is 10.1. The lowest BCUT2D eigenvalue weighted by molar-refractivity contribution is -0.140. The lowest BCUT2D eigenvalue weighted by atomic mass is 10.1. The highest BCUT2D eigenvalue weighted by atomic mass is 32.1. The third-order valence-electron chi connectivity index (χ3n) is 3.99. The molecule has 1 amide bonds. The van der Waals surface area contributed by atoms with Crippen LogP contribution in [0.25, 0.3) is 0 Å². The Bertz CT molecular complexity index is 625. The van der Waals surface area contributed by atoms with Crippen LogP contribution in [-0.2, 0) is 16.1 Å². The molecule has 0 unspecified atom stereocenters. The van der Waals surface area contributed by atoms with E-state index < -0.39 is 0 Å². The van der Waals surface area contributed by atoms with Crippen molar-refractivity contribution in [2.75, 3.05) is 19.7 Å². The summed E-state index contributed by atoms with van der Waals surface area (Å²) in [6.07, 6.45) is 1.50. The summed E-state index contributed by atoms with van der Waals surface area (Å²) in [5.74, 6) is 0.838.